The number of hydrogen-bond donors (Lipinski definition) is 0. The molecule has 0 bridgehead atoms. The number of anilines is 3. The molecule has 236 valence electrons. The number of aromatic nitrogens is 2. The van der Waals surface area contributed by atoms with Crippen molar-refractivity contribution < 1.29 is 0 Å². The zero-order chi connectivity index (χ0) is 33.4. The van der Waals surface area contributed by atoms with Gasteiger partial charge in [0.2, 0.25) is 0 Å². The second kappa shape index (κ2) is 12.9. The van der Waals surface area contributed by atoms with Gasteiger partial charge in [0.05, 0.1) is 23.8 Å². The number of rotatable bonds is 7. The standard InChI is InChI=1S/C45H41N3/c1-29-23-31(3)43(32(4)24-29)45(44-33(5)25-30(2)26-34(44)6)37-19-21-38(22-20-37)48(41-18-12-16-35-13-10-11-17-39(35)41)42-28-46-40(27-47-42)36-14-8-7-9-15-36/h7-28,45H,1-6H3. The highest BCUT2D eigenvalue weighted by molar-refractivity contribution is 5.98. The van der Waals surface area contributed by atoms with Gasteiger partial charge in [-0.3, -0.25) is 9.88 Å². The lowest BCUT2D eigenvalue weighted by Crippen LogP contribution is -2.14. The maximum Gasteiger partial charge on any atom is 0.156 e. The van der Waals surface area contributed by atoms with Gasteiger partial charge in [0.1, 0.15) is 0 Å². The quantitative estimate of drug-likeness (QED) is 0.165. The van der Waals surface area contributed by atoms with Crippen molar-refractivity contribution in [1.29, 1.82) is 0 Å². The fraction of sp³-hybridized carbons (Fsp3) is 0.156. The lowest BCUT2D eigenvalue weighted by atomic mass is 9.77. The molecule has 7 rings (SSSR count). The monoisotopic (exact) mass is 623 g/mol. The minimum absolute atomic E-state index is 0.108. The molecule has 0 N–H and O–H groups in total. The van der Waals surface area contributed by atoms with Crippen LogP contribution >= 0.6 is 0 Å². The minimum atomic E-state index is 0.108. The van der Waals surface area contributed by atoms with Crippen LogP contribution in [0, 0.1) is 41.5 Å². The van der Waals surface area contributed by atoms with Crippen molar-refractivity contribution in [1.82, 2.24) is 9.97 Å². The molecule has 0 saturated carbocycles. The number of aryl methyl sites for hydroxylation is 6. The normalized spacial score (nSPS) is 11.3. The molecule has 0 aliphatic carbocycles. The molecule has 0 atom stereocenters. The second-order valence-corrected chi connectivity index (χ2v) is 13.1. The van der Waals surface area contributed by atoms with E-state index in [1.807, 2.05) is 30.6 Å². The van der Waals surface area contributed by atoms with Gasteiger partial charge in [-0.2, -0.15) is 0 Å². The molecule has 7 aromatic rings. The van der Waals surface area contributed by atoms with Crippen LogP contribution in [0.2, 0.25) is 0 Å². The number of fused-ring (bicyclic) bond motifs is 1. The molecule has 1 aromatic heterocycles. The highest BCUT2D eigenvalue weighted by Gasteiger charge is 2.25. The molecule has 6 aromatic carbocycles. The summed E-state index contributed by atoms with van der Waals surface area (Å²) in [7, 11) is 0. The highest BCUT2D eigenvalue weighted by atomic mass is 15.2. The average molecular weight is 624 g/mol. The Labute approximate surface area is 284 Å². The van der Waals surface area contributed by atoms with Crippen LogP contribution in [0.1, 0.15) is 56.0 Å². The Hall–Kier alpha value is -5.54. The van der Waals surface area contributed by atoms with Crippen molar-refractivity contribution in [3.63, 3.8) is 0 Å². The fourth-order valence-electron chi connectivity index (χ4n) is 7.58. The molecule has 1 heterocycles. The van der Waals surface area contributed by atoms with Gasteiger partial charge in [-0.15, -0.1) is 0 Å². The van der Waals surface area contributed by atoms with Gasteiger partial charge in [-0.05, 0) is 104 Å². The van der Waals surface area contributed by atoms with Gasteiger partial charge in [-0.25, -0.2) is 4.98 Å². The number of benzene rings is 6. The topological polar surface area (TPSA) is 29.0 Å². The van der Waals surface area contributed by atoms with Crippen molar-refractivity contribution in [2.45, 2.75) is 47.5 Å². The van der Waals surface area contributed by atoms with Crippen molar-refractivity contribution in [2.75, 3.05) is 4.90 Å². The zero-order valence-corrected chi connectivity index (χ0v) is 28.6. The van der Waals surface area contributed by atoms with Crippen LogP contribution in [0.15, 0.2) is 134 Å². The zero-order valence-electron chi connectivity index (χ0n) is 28.6. The van der Waals surface area contributed by atoms with E-state index < -0.39 is 0 Å². The van der Waals surface area contributed by atoms with Gasteiger partial charge in [-0.1, -0.05) is 114 Å². The summed E-state index contributed by atoms with van der Waals surface area (Å²) in [4.78, 5) is 12.1. The van der Waals surface area contributed by atoms with Crippen LogP contribution < -0.4 is 4.90 Å². The molecule has 0 fully saturated rings. The summed E-state index contributed by atoms with van der Waals surface area (Å²) in [5.74, 6) is 0.877. The van der Waals surface area contributed by atoms with E-state index in [2.05, 4.69) is 150 Å². The molecule has 0 saturated heterocycles. The molecule has 48 heavy (non-hydrogen) atoms. The molecular weight excluding hydrogens is 583 g/mol. The van der Waals surface area contributed by atoms with E-state index in [0.717, 1.165) is 33.8 Å². The highest BCUT2D eigenvalue weighted by Crippen LogP contribution is 2.42. The van der Waals surface area contributed by atoms with Gasteiger partial charge in [0.15, 0.2) is 5.82 Å². The van der Waals surface area contributed by atoms with E-state index in [1.165, 1.54) is 55.5 Å². The van der Waals surface area contributed by atoms with E-state index >= 15 is 0 Å². The molecule has 3 nitrogen and oxygen atoms in total. The van der Waals surface area contributed by atoms with Gasteiger partial charge < -0.3 is 0 Å². The first-order valence-corrected chi connectivity index (χ1v) is 16.7. The molecule has 3 heteroatoms. The Kier molecular flexibility index (Phi) is 8.37. The van der Waals surface area contributed by atoms with Crippen LogP contribution in [-0.2, 0) is 0 Å². The maximum absolute atomic E-state index is 4.99. The van der Waals surface area contributed by atoms with E-state index in [4.69, 9.17) is 9.97 Å². The summed E-state index contributed by atoms with van der Waals surface area (Å²) in [5, 5.41) is 2.34. The summed E-state index contributed by atoms with van der Waals surface area (Å²) >= 11 is 0. The van der Waals surface area contributed by atoms with Crippen molar-refractivity contribution in [3.8, 4) is 11.3 Å². The Balaban J connectivity index is 1.39. The van der Waals surface area contributed by atoms with E-state index in [1.54, 1.807) is 0 Å². The summed E-state index contributed by atoms with van der Waals surface area (Å²) in [6.45, 7) is 13.4. The van der Waals surface area contributed by atoms with Crippen molar-refractivity contribution >= 4 is 28.0 Å². The first-order chi connectivity index (χ1) is 23.3. The summed E-state index contributed by atoms with van der Waals surface area (Å²) < 4.78 is 0. The third-order valence-corrected chi connectivity index (χ3v) is 9.48. The lowest BCUT2D eigenvalue weighted by molar-refractivity contribution is 0.919. The summed E-state index contributed by atoms with van der Waals surface area (Å²) in [6, 6.07) is 43.6. The summed E-state index contributed by atoms with van der Waals surface area (Å²) in [5.41, 5.74) is 15.9. The van der Waals surface area contributed by atoms with Crippen LogP contribution in [0.4, 0.5) is 17.2 Å². The van der Waals surface area contributed by atoms with E-state index in [9.17, 15) is 0 Å². The first kappa shape index (κ1) is 31.1. The predicted molar refractivity (Wildman–Crippen MR) is 202 cm³/mol. The number of hydrogen-bond acceptors (Lipinski definition) is 3. The fourth-order valence-corrected chi connectivity index (χ4v) is 7.58. The second-order valence-electron chi connectivity index (χ2n) is 13.1. The van der Waals surface area contributed by atoms with Crippen LogP contribution in [0.5, 0.6) is 0 Å². The molecule has 0 unspecified atom stereocenters. The molecule has 0 aliphatic rings. The molecule has 0 spiro atoms. The van der Waals surface area contributed by atoms with Crippen LogP contribution in [-0.4, -0.2) is 9.97 Å². The Bertz CT molecular complexity index is 2120. The molecule has 0 radical (unpaired) electrons. The minimum Gasteiger partial charge on any atom is -0.293 e. The number of nitrogens with zero attached hydrogens (tertiary/aromatic N) is 3. The Morgan fingerprint density at radius 2 is 1.08 bits per heavy atom. The van der Waals surface area contributed by atoms with Crippen LogP contribution in [0.25, 0.3) is 22.0 Å². The Morgan fingerprint density at radius 1 is 0.521 bits per heavy atom. The first-order valence-electron chi connectivity index (χ1n) is 16.7. The Morgan fingerprint density at radius 3 is 1.67 bits per heavy atom. The van der Waals surface area contributed by atoms with E-state index in [-0.39, 0.29) is 5.92 Å². The third-order valence-electron chi connectivity index (χ3n) is 9.48. The largest absolute Gasteiger partial charge is 0.293 e. The predicted octanol–water partition coefficient (Wildman–Crippen LogP) is 11.8. The van der Waals surface area contributed by atoms with Gasteiger partial charge in [0.25, 0.3) is 0 Å². The lowest BCUT2D eigenvalue weighted by Gasteiger charge is -2.29. The van der Waals surface area contributed by atoms with Gasteiger partial charge in [0, 0.05) is 22.6 Å². The summed E-state index contributed by atoms with van der Waals surface area (Å²) in [6.07, 6.45) is 3.76. The van der Waals surface area contributed by atoms with Gasteiger partial charge >= 0.3 is 0 Å². The van der Waals surface area contributed by atoms with Crippen LogP contribution in [0.3, 0.4) is 0 Å². The van der Waals surface area contributed by atoms with Crippen molar-refractivity contribution in [3.05, 3.63) is 184 Å². The SMILES string of the molecule is Cc1cc(C)c(C(c2ccc(N(c3cnc(-c4ccccc4)cn3)c3cccc4ccccc34)cc2)c2c(C)cc(C)cc2C)c(C)c1. The molecule has 0 aliphatic heterocycles. The molecule has 0 amide bonds. The molecular formula is C45H41N3. The van der Waals surface area contributed by atoms with Crippen molar-refractivity contribution in [2.24, 2.45) is 0 Å². The smallest absolute Gasteiger partial charge is 0.156 e. The van der Waals surface area contributed by atoms with E-state index in [0.29, 0.717) is 0 Å². The average Bonchev–Trinajstić information content (AvgIpc) is 3.08. The maximum atomic E-state index is 4.99. The third kappa shape index (κ3) is 5.89.